The topological polar surface area (TPSA) is 136 Å². The van der Waals surface area contributed by atoms with E-state index in [0.717, 1.165) is 0 Å². The zero-order valence-corrected chi connectivity index (χ0v) is 16.9. The highest BCUT2D eigenvalue weighted by atomic mass is 32.2. The van der Waals surface area contributed by atoms with Crippen molar-refractivity contribution in [2.75, 3.05) is 11.1 Å². The molecule has 0 fully saturated rings. The lowest BCUT2D eigenvalue weighted by molar-refractivity contribution is 0.102. The Bertz CT molecular complexity index is 1240. The second-order valence-electron chi connectivity index (χ2n) is 5.93. The summed E-state index contributed by atoms with van der Waals surface area (Å²) in [6.07, 6.45) is 0. The number of anilines is 1. The van der Waals surface area contributed by atoms with Crippen molar-refractivity contribution in [2.24, 2.45) is 0 Å². The fourth-order valence-electron chi connectivity index (χ4n) is 2.48. The maximum Gasteiger partial charge on any atom is 0.322 e. The number of amides is 1. The van der Waals surface area contributed by atoms with Gasteiger partial charge in [-0.1, -0.05) is 42.4 Å². The van der Waals surface area contributed by atoms with Gasteiger partial charge in [0.25, 0.3) is 5.91 Å². The van der Waals surface area contributed by atoms with Gasteiger partial charge in [0.2, 0.25) is 5.89 Å². The largest absolute Gasteiger partial charge is 0.407 e. The molecule has 0 aliphatic carbocycles. The van der Waals surface area contributed by atoms with Crippen molar-refractivity contribution in [1.29, 1.82) is 0 Å². The first-order chi connectivity index (χ1) is 13.7. The molecule has 3 aromatic rings. The first-order valence-electron chi connectivity index (χ1n) is 8.46. The molecule has 0 spiro atoms. The average Bonchev–Trinajstić information content (AvgIpc) is 3.14. The lowest BCUT2D eigenvalue weighted by Gasteiger charge is -2.07. The number of benzene rings is 2. The number of aromatic nitrogens is 2. The quantitative estimate of drug-likeness (QED) is 0.596. The summed E-state index contributed by atoms with van der Waals surface area (Å²) in [5, 5.41) is 9.54. The van der Waals surface area contributed by atoms with Crippen molar-refractivity contribution in [3.05, 3.63) is 66.1 Å². The number of hydrogen-bond acceptors (Lipinski definition) is 8. The lowest BCUT2D eigenvalue weighted by Crippen LogP contribution is -2.17. The van der Waals surface area contributed by atoms with Gasteiger partial charge in [-0.25, -0.2) is 16.8 Å². The molecule has 0 saturated carbocycles. The standard InChI is InChI=1S/C18H17N3O6S2/c1-2-28(23,24)15-11-7-6-10-14(15)17(22)19-18-21-20-16(27-18)12-29(25,26)13-8-4-3-5-9-13/h3-11H,2,12H2,1H3,(H,19,21,22). The highest BCUT2D eigenvalue weighted by Crippen LogP contribution is 2.20. The Hall–Kier alpha value is -3.05. The molecular formula is C18H17N3O6S2. The number of carbonyl (C=O) groups excluding carboxylic acids is 1. The number of nitrogens with one attached hydrogen (secondary N) is 1. The van der Waals surface area contributed by atoms with E-state index in [1.165, 1.54) is 43.3 Å². The highest BCUT2D eigenvalue weighted by molar-refractivity contribution is 7.91. The van der Waals surface area contributed by atoms with Crippen LogP contribution in [0.4, 0.5) is 6.01 Å². The van der Waals surface area contributed by atoms with Crippen LogP contribution in [-0.2, 0) is 25.4 Å². The van der Waals surface area contributed by atoms with E-state index in [1.54, 1.807) is 18.2 Å². The van der Waals surface area contributed by atoms with Crippen molar-refractivity contribution in [2.45, 2.75) is 22.5 Å². The van der Waals surface area contributed by atoms with Crippen LogP contribution in [0.3, 0.4) is 0 Å². The number of hydrogen-bond donors (Lipinski definition) is 1. The van der Waals surface area contributed by atoms with Crippen LogP contribution in [0.1, 0.15) is 23.2 Å². The summed E-state index contributed by atoms with van der Waals surface area (Å²) in [5.74, 6) is -1.68. The van der Waals surface area contributed by atoms with E-state index < -0.39 is 31.3 Å². The molecule has 152 valence electrons. The molecule has 0 unspecified atom stereocenters. The van der Waals surface area contributed by atoms with Crippen LogP contribution in [0.5, 0.6) is 0 Å². The van der Waals surface area contributed by atoms with Gasteiger partial charge in [-0.05, 0) is 24.3 Å². The fraction of sp³-hybridized carbons (Fsp3) is 0.167. The maximum absolute atomic E-state index is 12.5. The molecule has 3 rings (SSSR count). The summed E-state index contributed by atoms with van der Waals surface area (Å²) in [5.41, 5.74) is -0.0778. The molecule has 11 heteroatoms. The van der Waals surface area contributed by atoms with Crippen molar-refractivity contribution in [3.63, 3.8) is 0 Å². The monoisotopic (exact) mass is 435 g/mol. The van der Waals surface area contributed by atoms with Gasteiger partial charge in [0.15, 0.2) is 19.7 Å². The summed E-state index contributed by atoms with van der Waals surface area (Å²) >= 11 is 0. The van der Waals surface area contributed by atoms with Crippen LogP contribution >= 0.6 is 0 Å². The van der Waals surface area contributed by atoms with E-state index >= 15 is 0 Å². The fourth-order valence-corrected chi connectivity index (χ4v) is 4.75. The van der Waals surface area contributed by atoms with Gasteiger partial charge in [-0.3, -0.25) is 10.1 Å². The minimum atomic E-state index is -3.70. The Labute approximate surface area is 167 Å². The summed E-state index contributed by atoms with van der Waals surface area (Å²) < 4.78 is 54.3. The Morgan fingerprint density at radius 1 is 0.931 bits per heavy atom. The third-order valence-electron chi connectivity index (χ3n) is 3.95. The van der Waals surface area contributed by atoms with Crippen LogP contribution in [0, 0.1) is 0 Å². The molecule has 2 aromatic carbocycles. The number of sulfone groups is 2. The SMILES string of the molecule is CCS(=O)(=O)c1ccccc1C(=O)Nc1nnc(CS(=O)(=O)c2ccccc2)o1. The van der Waals surface area contributed by atoms with E-state index in [1.807, 2.05) is 0 Å². The zero-order chi connectivity index (χ0) is 21.1. The molecule has 29 heavy (non-hydrogen) atoms. The van der Waals surface area contributed by atoms with Gasteiger partial charge in [-0.15, -0.1) is 5.10 Å². The van der Waals surface area contributed by atoms with Crippen molar-refractivity contribution in [1.82, 2.24) is 10.2 Å². The minimum absolute atomic E-state index is 0.0778. The predicted octanol–water partition coefficient (Wildman–Crippen LogP) is 2.09. The van der Waals surface area contributed by atoms with Crippen LogP contribution in [0.2, 0.25) is 0 Å². The van der Waals surface area contributed by atoms with Crippen LogP contribution in [0.25, 0.3) is 0 Å². The molecule has 1 heterocycles. The van der Waals surface area contributed by atoms with Crippen LogP contribution in [0.15, 0.2) is 68.8 Å². The second-order valence-corrected chi connectivity index (χ2v) is 10.2. The molecule has 9 nitrogen and oxygen atoms in total. The minimum Gasteiger partial charge on any atom is -0.407 e. The number of nitrogens with zero attached hydrogens (tertiary/aromatic N) is 2. The van der Waals surface area contributed by atoms with Gasteiger partial charge in [0.05, 0.1) is 21.1 Å². The van der Waals surface area contributed by atoms with Gasteiger partial charge in [0, 0.05) is 0 Å². The Balaban J connectivity index is 1.79. The first kappa shape index (κ1) is 20.7. The van der Waals surface area contributed by atoms with Crippen LogP contribution < -0.4 is 5.32 Å². The molecule has 0 saturated heterocycles. The molecule has 0 aliphatic rings. The van der Waals surface area contributed by atoms with Crippen molar-refractivity contribution >= 4 is 31.6 Å². The predicted molar refractivity (Wildman–Crippen MR) is 104 cm³/mol. The normalized spacial score (nSPS) is 11.9. The Kier molecular flexibility index (Phi) is 5.80. The first-order valence-corrected chi connectivity index (χ1v) is 11.8. The molecule has 1 N–H and O–H groups in total. The molecular weight excluding hydrogens is 418 g/mol. The zero-order valence-electron chi connectivity index (χ0n) is 15.3. The van der Waals surface area contributed by atoms with E-state index in [9.17, 15) is 21.6 Å². The molecule has 1 aromatic heterocycles. The van der Waals surface area contributed by atoms with E-state index in [-0.39, 0.29) is 33.0 Å². The molecule has 0 atom stereocenters. The van der Waals surface area contributed by atoms with Gasteiger partial charge in [-0.2, -0.15) is 0 Å². The summed E-state index contributed by atoms with van der Waals surface area (Å²) in [7, 11) is -7.32. The van der Waals surface area contributed by atoms with Gasteiger partial charge < -0.3 is 4.42 Å². The Morgan fingerprint density at radius 3 is 2.28 bits per heavy atom. The summed E-state index contributed by atoms with van der Waals surface area (Å²) in [6, 6.07) is 13.1. The average molecular weight is 435 g/mol. The third kappa shape index (κ3) is 4.69. The van der Waals surface area contributed by atoms with Gasteiger partial charge in [0.1, 0.15) is 5.75 Å². The van der Waals surface area contributed by atoms with Crippen molar-refractivity contribution < 1.29 is 26.0 Å². The van der Waals surface area contributed by atoms with Crippen molar-refractivity contribution in [3.8, 4) is 0 Å². The number of carbonyl (C=O) groups is 1. The Morgan fingerprint density at radius 2 is 1.59 bits per heavy atom. The van der Waals surface area contributed by atoms with E-state index in [4.69, 9.17) is 4.42 Å². The van der Waals surface area contributed by atoms with Crippen LogP contribution in [-0.4, -0.2) is 38.7 Å². The lowest BCUT2D eigenvalue weighted by atomic mass is 10.2. The highest BCUT2D eigenvalue weighted by Gasteiger charge is 2.23. The summed E-state index contributed by atoms with van der Waals surface area (Å²) in [4.78, 5) is 12.5. The maximum atomic E-state index is 12.5. The number of rotatable bonds is 7. The molecule has 0 radical (unpaired) electrons. The molecule has 0 bridgehead atoms. The molecule has 1 amide bonds. The van der Waals surface area contributed by atoms with E-state index in [2.05, 4.69) is 15.5 Å². The van der Waals surface area contributed by atoms with Gasteiger partial charge >= 0.3 is 6.01 Å². The second kappa shape index (κ2) is 8.13. The summed E-state index contributed by atoms with van der Waals surface area (Å²) in [6.45, 7) is 1.47. The van der Waals surface area contributed by atoms with E-state index in [0.29, 0.717) is 0 Å². The third-order valence-corrected chi connectivity index (χ3v) is 7.35. The smallest absolute Gasteiger partial charge is 0.322 e. The molecule has 0 aliphatic heterocycles.